The van der Waals surface area contributed by atoms with Gasteiger partial charge in [-0.3, -0.25) is 0 Å². The van der Waals surface area contributed by atoms with Gasteiger partial charge in [0.1, 0.15) is 0 Å². The molecule has 21 heavy (non-hydrogen) atoms. The second kappa shape index (κ2) is 9.64. The summed E-state index contributed by atoms with van der Waals surface area (Å²) in [5, 5.41) is 20.7. The Morgan fingerprint density at radius 3 is 2.33 bits per heavy atom. The fraction of sp³-hybridized carbons (Fsp3) is 0.467. The first-order valence-electron chi connectivity index (χ1n) is 6.88. The molecule has 0 aromatic heterocycles. The zero-order chi connectivity index (χ0) is 15.7. The Labute approximate surface area is 134 Å². The Balaban J connectivity index is 0.000000211. The molecule has 1 unspecified atom stereocenters. The molecule has 0 amide bonds. The molecule has 0 radical (unpaired) electrons. The number of rotatable bonds is 1. The van der Waals surface area contributed by atoms with E-state index in [0.29, 0.717) is 5.02 Å². The molecule has 2 rings (SSSR count). The summed E-state index contributed by atoms with van der Waals surface area (Å²) in [7, 11) is 0. The van der Waals surface area contributed by atoms with Gasteiger partial charge in [0.05, 0.1) is 16.7 Å². The lowest BCUT2D eigenvalue weighted by Crippen LogP contribution is -2.16. The number of carboxylic acids is 1. The van der Waals surface area contributed by atoms with Crippen LogP contribution in [0.15, 0.2) is 29.4 Å². The standard InChI is InChI=1S/C8H14ClNO.C7H5ClO2/c9-7-5-3-1-2-4-6-8(7)10-11;8-6-3-1-5(2-4-6)7(9)10/h7,11H,1-6H2;1-4H,(H,9,10). The van der Waals surface area contributed by atoms with Crippen LogP contribution in [0.4, 0.5) is 0 Å². The van der Waals surface area contributed by atoms with Crippen molar-refractivity contribution < 1.29 is 15.1 Å². The first-order chi connectivity index (χ1) is 10.0. The Morgan fingerprint density at radius 2 is 1.76 bits per heavy atom. The van der Waals surface area contributed by atoms with Gasteiger partial charge in [-0.2, -0.15) is 0 Å². The lowest BCUT2D eigenvalue weighted by atomic mass is 9.99. The molecule has 1 saturated carbocycles. The molecule has 6 heteroatoms. The maximum absolute atomic E-state index is 10.3. The van der Waals surface area contributed by atoms with E-state index >= 15 is 0 Å². The number of hydrogen-bond acceptors (Lipinski definition) is 3. The minimum absolute atomic E-state index is 0.0275. The van der Waals surface area contributed by atoms with Crippen molar-refractivity contribution in [2.45, 2.75) is 43.9 Å². The van der Waals surface area contributed by atoms with E-state index in [9.17, 15) is 4.79 Å². The molecule has 0 bridgehead atoms. The van der Waals surface area contributed by atoms with Gasteiger partial charge in [0, 0.05) is 5.02 Å². The summed E-state index contributed by atoms with van der Waals surface area (Å²) >= 11 is 11.5. The number of alkyl halides is 1. The molecule has 1 aromatic rings. The smallest absolute Gasteiger partial charge is 0.335 e. The minimum atomic E-state index is -0.934. The number of carbonyl (C=O) groups is 1. The van der Waals surface area contributed by atoms with Crippen LogP contribution < -0.4 is 0 Å². The number of halogens is 2. The minimum Gasteiger partial charge on any atom is -0.478 e. The third-order valence-electron chi connectivity index (χ3n) is 3.22. The molecule has 1 aliphatic carbocycles. The Kier molecular flexibility index (Phi) is 8.16. The highest BCUT2D eigenvalue weighted by molar-refractivity contribution is 6.32. The number of benzene rings is 1. The van der Waals surface area contributed by atoms with Crippen LogP contribution in [0.3, 0.4) is 0 Å². The maximum atomic E-state index is 10.3. The number of hydrogen-bond donors (Lipinski definition) is 2. The lowest BCUT2D eigenvalue weighted by Gasteiger charge is -2.14. The van der Waals surface area contributed by atoms with Crippen LogP contribution in [0.5, 0.6) is 0 Å². The molecule has 1 fully saturated rings. The van der Waals surface area contributed by atoms with Crippen LogP contribution in [0, 0.1) is 0 Å². The Hall–Kier alpha value is -1.26. The van der Waals surface area contributed by atoms with Gasteiger partial charge >= 0.3 is 5.97 Å². The molecule has 0 saturated heterocycles. The molecule has 1 aromatic carbocycles. The van der Waals surface area contributed by atoms with Crippen LogP contribution in [-0.4, -0.2) is 27.4 Å². The predicted molar refractivity (Wildman–Crippen MR) is 85.0 cm³/mol. The van der Waals surface area contributed by atoms with E-state index in [1.54, 1.807) is 12.1 Å². The Morgan fingerprint density at radius 1 is 1.14 bits per heavy atom. The summed E-state index contributed by atoms with van der Waals surface area (Å²) in [4.78, 5) is 10.3. The lowest BCUT2D eigenvalue weighted by molar-refractivity contribution is 0.0697. The van der Waals surface area contributed by atoms with E-state index in [2.05, 4.69) is 5.16 Å². The topological polar surface area (TPSA) is 69.9 Å². The Bertz CT molecular complexity index is 474. The summed E-state index contributed by atoms with van der Waals surface area (Å²) in [6.07, 6.45) is 6.60. The van der Waals surface area contributed by atoms with Crippen LogP contribution in [-0.2, 0) is 0 Å². The molecule has 1 aliphatic rings. The largest absolute Gasteiger partial charge is 0.478 e. The molecule has 116 valence electrons. The van der Waals surface area contributed by atoms with Gasteiger partial charge in [-0.25, -0.2) is 4.79 Å². The van der Waals surface area contributed by atoms with Crippen molar-refractivity contribution in [1.29, 1.82) is 0 Å². The second-order valence-electron chi connectivity index (χ2n) is 4.82. The fourth-order valence-corrected chi connectivity index (χ4v) is 2.44. The van der Waals surface area contributed by atoms with E-state index in [0.717, 1.165) is 31.4 Å². The highest BCUT2D eigenvalue weighted by Gasteiger charge is 2.15. The van der Waals surface area contributed by atoms with Crippen molar-refractivity contribution >= 4 is 34.9 Å². The van der Waals surface area contributed by atoms with Gasteiger partial charge in [0.2, 0.25) is 0 Å². The van der Waals surface area contributed by atoms with Crippen LogP contribution >= 0.6 is 23.2 Å². The molecule has 1 atom stereocenters. The average molecular weight is 332 g/mol. The maximum Gasteiger partial charge on any atom is 0.335 e. The molecule has 0 spiro atoms. The van der Waals surface area contributed by atoms with Crippen molar-refractivity contribution in [2.24, 2.45) is 5.16 Å². The highest BCUT2D eigenvalue weighted by Crippen LogP contribution is 2.19. The van der Waals surface area contributed by atoms with Gasteiger partial charge in [-0.1, -0.05) is 36.0 Å². The first kappa shape index (κ1) is 17.8. The second-order valence-corrected chi connectivity index (χ2v) is 5.79. The predicted octanol–water partition coefficient (Wildman–Crippen LogP) is 4.82. The summed E-state index contributed by atoms with van der Waals surface area (Å²) < 4.78 is 0. The number of aromatic carboxylic acids is 1. The first-order valence-corrected chi connectivity index (χ1v) is 7.69. The number of nitrogens with zero attached hydrogens (tertiary/aromatic N) is 1. The van der Waals surface area contributed by atoms with E-state index in [1.165, 1.54) is 25.0 Å². The average Bonchev–Trinajstić information content (AvgIpc) is 2.45. The highest BCUT2D eigenvalue weighted by atomic mass is 35.5. The molecule has 0 heterocycles. The summed E-state index contributed by atoms with van der Waals surface area (Å²) in [5.74, 6) is -0.934. The zero-order valence-corrected chi connectivity index (χ0v) is 13.1. The van der Waals surface area contributed by atoms with E-state index in [4.69, 9.17) is 33.5 Å². The molecular formula is C15H19Cl2NO3. The van der Waals surface area contributed by atoms with Gasteiger partial charge in [-0.05, 0) is 43.5 Å². The number of oxime groups is 1. The fourth-order valence-electron chi connectivity index (χ4n) is 2.01. The van der Waals surface area contributed by atoms with Gasteiger partial charge in [0.25, 0.3) is 0 Å². The quantitative estimate of drug-likeness (QED) is 0.440. The zero-order valence-electron chi connectivity index (χ0n) is 11.6. The molecule has 4 nitrogen and oxygen atoms in total. The van der Waals surface area contributed by atoms with Crippen molar-refractivity contribution in [3.63, 3.8) is 0 Å². The van der Waals surface area contributed by atoms with E-state index in [1.807, 2.05) is 0 Å². The molecule has 0 aliphatic heterocycles. The van der Waals surface area contributed by atoms with Crippen molar-refractivity contribution in [1.82, 2.24) is 0 Å². The normalized spacial score (nSPS) is 20.9. The monoisotopic (exact) mass is 331 g/mol. The van der Waals surface area contributed by atoms with Crippen LogP contribution in [0.25, 0.3) is 0 Å². The summed E-state index contributed by atoms with van der Waals surface area (Å²) in [5.41, 5.74) is 1.02. The van der Waals surface area contributed by atoms with Crippen LogP contribution in [0.1, 0.15) is 48.9 Å². The molecular weight excluding hydrogens is 313 g/mol. The summed E-state index contributed by atoms with van der Waals surface area (Å²) in [6, 6.07) is 6.02. The van der Waals surface area contributed by atoms with Crippen molar-refractivity contribution in [3.8, 4) is 0 Å². The van der Waals surface area contributed by atoms with Gasteiger partial charge in [-0.15, -0.1) is 11.6 Å². The third kappa shape index (κ3) is 6.82. The summed E-state index contributed by atoms with van der Waals surface area (Å²) in [6.45, 7) is 0. The molecule has 2 N–H and O–H groups in total. The van der Waals surface area contributed by atoms with Crippen molar-refractivity contribution in [3.05, 3.63) is 34.9 Å². The van der Waals surface area contributed by atoms with Crippen molar-refractivity contribution in [2.75, 3.05) is 0 Å². The van der Waals surface area contributed by atoms with Gasteiger partial charge in [0.15, 0.2) is 0 Å². The van der Waals surface area contributed by atoms with Crippen LogP contribution in [0.2, 0.25) is 5.02 Å². The SMILES string of the molecule is O=C(O)c1ccc(Cl)cc1.ON=C1CCCCCCC1Cl. The third-order valence-corrected chi connectivity index (χ3v) is 3.94. The van der Waals surface area contributed by atoms with Gasteiger partial charge < -0.3 is 10.3 Å². The number of carboxylic acid groups (broad SMARTS) is 1. The van der Waals surface area contributed by atoms with E-state index in [-0.39, 0.29) is 10.9 Å². The van der Waals surface area contributed by atoms with E-state index < -0.39 is 5.97 Å².